The van der Waals surface area contributed by atoms with Crippen LogP contribution in [0.2, 0.25) is 0 Å². The summed E-state index contributed by atoms with van der Waals surface area (Å²) in [6.45, 7) is 3.79. The van der Waals surface area contributed by atoms with Crippen LogP contribution in [-0.4, -0.2) is 39.8 Å². The van der Waals surface area contributed by atoms with E-state index >= 15 is 0 Å². The second kappa shape index (κ2) is 8.85. The number of amides is 1. The molecule has 23 heavy (non-hydrogen) atoms. The SMILES string of the molecule is CCCS(=O)(=O)Nc1cccc(NC(=O)CC(CN)OC)c1C. The monoisotopic (exact) mass is 343 g/mol. The van der Waals surface area contributed by atoms with Crippen molar-refractivity contribution in [2.75, 3.05) is 29.4 Å². The summed E-state index contributed by atoms with van der Waals surface area (Å²) >= 11 is 0. The van der Waals surface area contributed by atoms with Crippen LogP contribution in [0.3, 0.4) is 0 Å². The number of nitrogens with two attached hydrogens (primary N) is 1. The lowest BCUT2D eigenvalue weighted by atomic mass is 10.1. The van der Waals surface area contributed by atoms with Crippen LogP contribution < -0.4 is 15.8 Å². The van der Waals surface area contributed by atoms with Crippen molar-refractivity contribution < 1.29 is 17.9 Å². The molecule has 0 aliphatic heterocycles. The lowest BCUT2D eigenvalue weighted by molar-refractivity contribution is -0.118. The molecule has 0 saturated heterocycles. The van der Waals surface area contributed by atoms with Crippen LogP contribution in [0.1, 0.15) is 25.3 Å². The van der Waals surface area contributed by atoms with E-state index in [4.69, 9.17) is 10.5 Å². The van der Waals surface area contributed by atoms with Crippen molar-refractivity contribution in [2.45, 2.75) is 32.8 Å². The summed E-state index contributed by atoms with van der Waals surface area (Å²) in [4.78, 5) is 12.0. The molecule has 0 fully saturated rings. The Balaban J connectivity index is 2.86. The van der Waals surface area contributed by atoms with E-state index in [0.717, 1.165) is 0 Å². The Morgan fingerprint density at radius 3 is 2.57 bits per heavy atom. The third kappa shape index (κ3) is 6.17. The van der Waals surface area contributed by atoms with Gasteiger partial charge in [0.2, 0.25) is 15.9 Å². The summed E-state index contributed by atoms with van der Waals surface area (Å²) in [5.41, 5.74) is 7.16. The number of benzene rings is 1. The fraction of sp³-hybridized carbons (Fsp3) is 0.533. The maximum Gasteiger partial charge on any atom is 0.232 e. The van der Waals surface area contributed by atoms with E-state index in [-0.39, 0.29) is 30.7 Å². The highest BCUT2D eigenvalue weighted by molar-refractivity contribution is 7.92. The van der Waals surface area contributed by atoms with Gasteiger partial charge in [0.1, 0.15) is 0 Å². The molecule has 1 unspecified atom stereocenters. The number of carbonyl (C=O) groups is 1. The van der Waals surface area contributed by atoms with Gasteiger partial charge in [-0.25, -0.2) is 8.42 Å². The molecule has 1 atom stereocenters. The molecule has 0 radical (unpaired) electrons. The Hall–Kier alpha value is -1.64. The van der Waals surface area contributed by atoms with Crippen molar-refractivity contribution in [1.29, 1.82) is 0 Å². The fourth-order valence-corrected chi connectivity index (χ4v) is 3.24. The number of methoxy groups -OCH3 is 1. The zero-order chi connectivity index (χ0) is 17.5. The highest BCUT2D eigenvalue weighted by atomic mass is 32.2. The first-order valence-electron chi connectivity index (χ1n) is 7.45. The van der Waals surface area contributed by atoms with Gasteiger partial charge in [0.25, 0.3) is 0 Å². The van der Waals surface area contributed by atoms with E-state index < -0.39 is 10.0 Å². The normalized spacial score (nSPS) is 12.7. The van der Waals surface area contributed by atoms with Crippen LogP contribution in [0.5, 0.6) is 0 Å². The minimum atomic E-state index is -3.38. The van der Waals surface area contributed by atoms with Crippen LogP contribution in [0.25, 0.3) is 0 Å². The van der Waals surface area contributed by atoms with Gasteiger partial charge in [-0.1, -0.05) is 13.0 Å². The number of ether oxygens (including phenoxy) is 1. The third-order valence-corrected chi connectivity index (χ3v) is 4.83. The topological polar surface area (TPSA) is 111 Å². The number of nitrogens with one attached hydrogen (secondary N) is 2. The predicted molar refractivity (Wildman–Crippen MR) is 92.0 cm³/mol. The summed E-state index contributed by atoms with van der Waals surface area (Å²) in [5, 5.41) is 2.76. The van der Waals surface area contributed by atoms with Gasteiger partial charge in [0, 0.05) is 19.3 Å². The van der Waals surface area contributed by atoms with Gasteiger partial charge in [0.05, 0.1) is 24.0 Å². The van der Waals surface area contributed by atoms with Crippen molar-refractivity contribution in [3.8, 4) is 0 Å². The quantitative estimate of drug-likeness (QED) is 0.628. The molecule has 0 heterocycles. The Kier molecular flexibility index (Phi) is 7.47. The standard InChI is InChI=1S/C15H25N3O4S/c1-4-8-23(20,21)18-14-7-5-6-13(11(14)2)17-15(19)9-12(10-16)22-3/h5-7,12,18H,4,8-10,16H2,1-3H3,(H,17,19). The average molecular weight is 343 g/mol. The van der Waals surface area contributed by atoms with Gasteiger partial charge in [-0.15, -0.1) is 0 Å². The van der Waals surface area contributed by atoms with Gasteiger partial charge in [-0.05, 0) is 31.0 Å². The van der Waals surface area contributed by atoms with Gasteiger partial charge in [-0.3, -0.25) is 9.52 Å². The maximum atomic E-state index is 12.0. The molecule has 8 heteroatoms. The zero-order valence-electron chi connectivity index (χ0n) is 13.8. The molecule has 4 N–H and O–H groups in total. The number of hydrogen-bond donors (Lipinski definition) is 3. The first kappa shape index (κ1) is 19.4. The van der Waals surface area contributed by atoms with Crippen molar-refractivity contribution in [3.05, 3.63) is 23.8 Å². The summed E-state index contributed by atoms with van der Waals surface area (Å²) in [6, 6.07) is 5.06. The molecule has 0 aliphatic rings. The molecule has 7 nitrogen and oxygen atoms in total. The van der Waals surface area contributed by atoms with Crippen molar-refractivity contribution in [2.24, 2.45) is 5.73 Å². The second-order valence-corrected chi connectivity index (χ2v) is 7.09. The molecule has 0 aromatic heterocycles. The van der Waals surface area contributed by atoms with Gasteiger partial charge in [-0.2, -0.15) is 0 Å². The molecule has 0 aliphatic carbocycles. The largest absolute Gasteiger partial charge is 0.380 e. The molecular formula is C15H25N3O4S. The highest BCUT2D eigenvalue weighted by Crippen LogP contribution is 2.24. The molecule has 1 rings (SSSR count). The van der Waals surface area contributed by atoms with Crippen molar-refractivity contribution >= 4 is 27.3 Å². The molecule has 1 aromatic carbocycles. The number of sulfonamides is 1. The highest BCUT2D eigenvalue weighted by Gasteiger charge is 2.15. The number of anilines is 2. The Bertz CT molecular complexity index is 628. The van der Waals surface area contributed by atoms with Crippen LogP contribution in [0.15, 0.2) is 18.2 Å². The van der Waals surface area contributed by atoms with Crippen LogP contribution in [0, 0.1) is 6.92 Å². The molecule has 0 bridgehead atoms. The molecule has 0 spiro atoms. The molecule has 1 amide bonds. The summed E-state index contributed by atoms with van der Waals surface area (Å²) in [6.07, 6.45) is 0.321. The van der Waals surface area contributed by atoms with Gasteiger partial charge >= 0.3 is 0 Å². The van der Waals surface area contributed by atoms with Crippen molar-refractivity contribution in [1.82, 2.24) is 0 Å². The summed E-state index contributed by atoms with van der Waals surface area (Å²) in [5.74, 6) is -0.186. The molecular weight excluding hydrogens is 318 g/mol. The van der Waals surface area contributed by atoms with E-state index in [1.807, 2.05) is 0 Å². The lowest BCUT2D eigenvalue weighted by Gasteiger charge is -2.16. The smallest absolute Gasteiger partial charge is 0.232 e. The first-order valence-corrected chi connectivity index (χ1v) is 9.11. The Morgan fingerprint density at radius 2 is 2.00 bits per heavy atom. The molecule has 0 saturated carbocycles. The fourth-order valence-electron chi connectivity index (χ4n) is 2.04. The predicted octanol–water partition coefficient (Wildman–Crippen LogP) is 1.45. The second-order valence-electron chi connectivity index (χ2n) is 5.24. The first-order chi connectivity index (χ1) is 10.8. The minimum absolute atomic E-state index is 0.0506. The van der Waals surface area contributed by atoms with Crippen molar-refractivity contribution in [3.63, 3.8) is 0 Å². The van der Waals surface area contributed by atoms with Gasteiger partial charge < -0.3 is 15.8 Å². The van der Waals surface area contributed by atoms with E-state index in [2.05, 4.69) is 10.0 Å². The Labute approximate surface area is 137 Å². The van der Waals surface area contributed by atoms with Crippen LogP contribution in [-0.2, 0) is 19.6 Å². The maximum absolute atomic E-state index is 12.0. The number of hydrogen-bond acceptors (Lipinski definition) is 5. The van der Waals surface area contributed by atoms with Gasteiger partial charge in [0.15, 0.2) is 0 Å². The van der Waals surface area contributed by atoms with E-state index in [1.54, 1.807) is 32.0 Å². The number of rotatable bonds is 9. The molecule has 130 valence electrons. The van der Waals surface area contributed by atoms with E-state index in [1.165, 1.54) is 7.11 Å². The van der Waals surface area contributed by atoms with Crippen LogP contribution in [0.4, 0.5) is 11.4 Å². The van der Waals surface area contributed by atoms with E-state index in [9.17, 15) is 13.2 Å². The van der Waals surface area contributed by atoms with Crippen LogP contribution >= 0.6 is 0 Å². The van der Waals surface area contributed by atoms with E-state index in [0.29, 0.717) is 23.4 Å². The zero-order valence-corrected chi connectivity index (χ0v) is 14.6. The number of carbonyl (C=O) groups excluding carboxylic acids is 1. The minimum Gasteiger partial charge on any atom is -0.380 e. The molecule has 1 aromatic rings. The average Bonchev–Trinajstić information content (AvgIpc) is 2.48. The lowest BCUT2D eigenvalue weighted by Crippen LogP contribution is -2.28. The third-order valence-electron chi connectivity index (χ3n) is 3.36. The Morgan fingerprint density at radius 1 is 1.35 bits per heavy atom. The summed E-state index contributed by atoms with van der Waals surface area (Å²) < 4.78 is 31.4. The summed E-state index contributed by atoms with van der Waals surface area (Å²) in [7, 11) is -1.88.